The second-order valence-electron chi connectivity index (χ2n) is 4.73. The predicted octanol–water partition coefficient (Wildman–Crippen LogP) is 2.19. The van der Waals surface area contributed by atoms with Crippen molar-refractivity contribution in [2.24, 2.45) is 15.3 Å². The molecule has 22 heavy (non-hydrogen) atoms. The topological polar surface area (TPSA) is 84.3 Å². The summed E-state index contributed by atoms with van der Waals surface area (Å²) in [5, 5.41) is 24.9. The first kappa shape index (κ1) is 13.9. The van der Waals surface area contributed by atoms with E-state index in [-0.39, 0.29) is 11.7 Å². The van der Waals surface area contributed by atoms with Gasteiger partial charge in [-0.3, -0.25) is 4.79 Å². The zero-order valence-corrected chi connectivity index (χ0v) is 11.8. The van der Waals surface area contributed by atoms with E-state index in [1.807, 2.05) is 18.2 Å². The number of benzene rings is 1. The van der Waals surface area contributed by atoms with Gasteiger partial charge in [-0.2, -0.15) is 10.1 Å². The minimum Gasteiger partial charge on any atom is -0.710 e. The summed E-state index contributed by atoms with van der Waals surface area (Å²) in [6.07, 6.45) is 1.32. The molecule has 2 heterocycles. The summed E-state index contributed by atoms with van der Waals surface area (Å²) in [5.74, 6) is -0.165. The molecule has 0 saturated heterocycles. The maximum atomic E-state index is 12.4. The maximum Gasteiger partial charge on any atom is 0.353 e. The molecular weight excluding hydrogens is 282 g/mol. The Morgan fingerprint density at radius 1 is 1.18 bits per heavy atom. The molecule has 3 rings (SSSR count). The quantitative estimate of drug-likeness (QED) is 0.494. The number of anilines is 1. The molecule has 1 aromatic heterocycles. The first-order chi connectivity index (χ1) is 10.7. The van der Waals surface area contributed by atoms with Gasteiger partial charge in [-0.05, 0) is 25.1 Å². The lowest BCUT2D eigenvalue weighted by Gasteiger charge is -2.11. The van der Waals surface area contributed by atoms with Crippen LogP contribution in [0, 0.1) is 5.21 Å². The minimum atomic E-state index is -0.805. The SMILES string of the molecule is CC1=NN(c2ccccc2)C(=O)C1N=Nc1cccc[n+]1[O-]. The average molecular weight is 295 g/mol. The first-order valence-corrected chi connectivity index (χ1v) is 6.70. The van der Waals surface area contributed by atoms with Crippen LogP contribution in [-0.4, -0.2) is 17.7 Å². The molecular formula is C15H13N5O2. The summed E-state index contributed by atoms with van der Waals surface area (Å²) in [7, 11) is 0. The van der Waals surface area contributed by atoms with Gasteiger partial charge in [0.25, 0.3) is 5.91 Å². The lowest BCUT2D eigenvalue weighted by molar-refractivity contribution is -0.591. The standard InChI is InChI=1S/C15H13N5O2/c1-11-14(17-16-13-9-5-6-10-19(13)22)15(21)20(18-11)12-7-3-2-4-8-12/h2-10,14H,1H3. The van der Waals surface area contributed by atoms with Crippen LogP contribution in [0.1, 0.15) is 6.92 Å². The van der Waals surface area contributed by atoms with E-state index < -0.39 is 6.04 Å². The number of carbonyl (C=O) groups is 1. The second kappa shape index (κ2) is 5.72. The summed E-state index contributed by atoms with van der Waals surface area (Å²) in [4.78, 5) is 12.4. The molecule has 1 atom stereocenters. The van der Waals surface area contributed by atoms with Crippen molar-refractivity contribution in [3.63, 3.8) is 0 Å². The zero-order valence-electron chi connectivity index (χ0n) is 11.8. The van der Waals surface area contributed by atoms with Crippen molar-refractivity contribution in [3.8, 4) is 0 Å². The van der Waals surface area contributed by atoms with Crippen LogP contribution < -0.4 is 9.74 Å². The molecule has 110 valence electrons. The average Bonchev–Trinajstić information content (AvgIpc) is 2.82. The van der Waals surface area contributed by atoms with E-state index in [1.54, 1.807) is 31.2 Å². The van der Waals surface area contributed by atoms with Crippen LogP contribution in [0.4, 0.5) is 11.5 Å². The number of hydrogen-bond acceptors (Lipinski definition) is 5. The number of rotatable bonds is 3. The van der Waals surface area contributed by atoms with Crippen molar-refractivity contribution in [1.29, 1.82) is 0 Å². The number of pyridine rings is 1. The van der Waals surface area contributed by atoms with Crippen LogP contribution >= 0.6 is 0 Å². The summed E-state index contributed by atoms with van der Waals surface area (Å²) in [6.45, 7) is 1.71. The van der Waals surface area contributed by atoms with E-state index in [9.17, 15) is 10.0 Å². The number of hydrazone groups is 1. The van der Waals surface area contributed by atoms with Gasteiger partial charge >= 0.3 is 5.82 Å². The van der Waals surface area contributed by atoms with Gasteiger partial charge in [0.15, 0.2) is 0 Å². The molecule has 0 spiro atoms. The van der Waals surface area contributed by atoms with Gasteiger partial charge in [-0.25, -0.2) is 4.73 Å². The van der Waals surface area contributed by atoms with Crippen molar-refractivity contribution in [2.75, 3.05) is 5.01 Å². The summed E-state index contributed by atoms with van der Waals surface area (Å²) < 4.78 is 0.588. The molecule has 0 saturated carbocycles. The van der Waals surface area contributed by atoms with Crippen molar-refractivity contribution in [3.05, 3.63) is 59.9 Å². The lowest BCUT2D eigenvalue weighted by Crippen LogP contribution is -2.30. The Bertz CT molecular complexity index is 758. The number of amides is 1. The van der Waals surface area contributed by atoms with E-state index in [0.29, 0.717) is 16.1 Å². The normalized spacial score (nSPS) is 18.0. The Kier molecular flexibility index (Phi) is 3.61. The zero-order chi connectivity index (χ0) is 15.5. The monoisotopic (exact) mass is 295 g/mol. The van der Waals surface area contributed by atoms with E-state index in [2.05, 4.69) is 15.3 Å². The Morgan fingerprint density at radius 3 is 2.64 bits per heavy atom. The highest BCUT2D eigenvalue weighted by atomic mass is 16.5. The molecule has 0 N–H and O–H groups in total. The van der Waals surface area contributed by atoms with Crippen molar-refractivity contribution in [1.82, 2.24) is 0 Å². The molecule has 7 heteroatoms. The summed E-state index contributed by atoms with van der Waals surface area (Å²) in [5.41, 5.74) is 1.20. The van der Waals surface area contributed by atoms with Gasteiger partial charge in [-0.15, -0.1) is 0 Å². The highest BCUT2D eigenvalue weighted by Crippen LogP contribution is 2.22. The van der Waals surface area contributed by atoms with Crippen LogP contribution in [0.3, 0.4) is 0 Å². The van der Waals surface area contributed by atoms with E-state index in [4.69, 9.17) is 0 Å². The minimum absolute atomic E-state index is 0.126. The molecule has 0 bridgehead atoms. The van der Waals surface area contributed by atoms with E-state index in [0.717, 1.165) is 0 Å². The van der Waals surface area contributed by atoms with E-state index >= 15 is 0 Å². The number of azo groups is 1. The molecule has 1 aliphatic heterocycles. The van der Waals surface area contributed by atoms with Crippen LogP contribution in [0.25, 0.3) is 0 Å². The van der Waals surface area contributed by atoms with E-state index in [1.165, 1.54) is 17.3 Å². The highest BCUT2D eigenvalue weighted by molar-refractivity contribution is 6.18. The Morgan fingerprint density at radius 2 is 1.91 bits per heavy atom. The Hall–Kier alpha value is -3.09. The fourth-order valence-electron chi connectivity index (χ4n) is 2.06. The second-order valence-corrected chi connectivity index (χ2v) is 4.73. The molecule has 2 aromatic rings. The fourth-order valence-corrected chi connectivity index (χ4v) is 2.06. The number of aromatic nitrogens is 1. The van der Waals surface area contributed by atoms with Crippen LogP contribution in [0.2, 0.25) is 0 Å². The van der Waals surface area contributed by atoms with Crippen molar-refractivity contribution < 1.29 is 9.52 Å². The number of hydrogen-bond donors (Lipinski definition) is 0. The van der Waals surface area contributed by atoms with Gasteiger partial charge in [-0.1, -0.05) is 29.4 Å². The molecule has 1 aromatic carbocycles. The summed E-state index contributed by atoms with van der Waals surface area (Å²) in [6, 6.07) is 13.1. The van der Waals surface area contributed by atoms with Crippen LogP contribution in [-0.2, 0) is 4.79 Å². The lowest BCUT2D eigenvalue weighted by atomic mass is 10.2. The third kappa shape index (κ3) is 2.56. The van der Waals surface area contributed by atoms with Gasteiger partial charge in [0.05, 0.1) is 22.7 Å². The molecule has 0 radical (unpaired) electrons. The molecule has 0 fully saturated rings. The third-order valence-corrected chi connectivity index (χ3v) is 3.18. The number of para-hydroxylation sites is 1. The Balaban J connectivity index is 1.83. The van der Waals surface area contributed by atoms with Crippen LogP contribution in [0.15, 0.2) is 70.1 Å². The molecule has 1 aliphatic rings. The van der Waals surface area contributed by atoms with Crippen molar-refractivity contribution in [2.45, 2.75) is 13.0 Å². The predicted molar refractivity (Wildman–Crippen MR) is 80.7 cm³/mol. The number of carbonyl (C=O) groups excluding carboxylic acids is 1. The molecule has 0 aliphatic carbocycles. The smallest absolute Gasteiger partial charge is 0.353 e. The molecule has 7 nitrogen and oxygen atoms in total. The third-order valence-electron chi connectivity index (χ3n) is 3.18. The largest absolute Gasteiger partial charge is 0.710 e. The highest BCUT2D eigenvalue weighted by Gasteiger charge is 2.36. The van der Waals surface area contributed by atoms with Crippen molar-refractivity contribution >= 4 is 23.1 Å². The first-order valence-electron chi connectivity index (χ1n) is 6.70. The maximum absolute atomic E-state index is 12.4. The van der Waals surface area contributed by atoms with Gasteiger partial charge in [0.2, 0.25) is 6.04 Å². The van der Waals surface area contributed by atoms with Crippen LogP contribution in [0.5, 0.6) is 0 Å². The fraction of sp³-hybridized carbons (Fsp3) is 0.133. The molecule has 1 amide bonds. The molecule has 1 unspecified atom stereocenters. The van der Waals surface area contributed by atoms with Gasteiger partial charge < -0.3 is 5.21 Å². The van der Waals surface area contributed by atoms with Gasteiger partial charge in [0.1, 0.15) is 0 Å². The van der Waals surface area contributed by atoms with Gasteiger partial charge in [0, 0.05) is 6.07 Å². The summed E-state index contributed by atoms with van der Waals surface area (Å²) >= 11 is 0. The Labute approximate surface area is 126 Å². The number of nitrogens with zero attached hydrogens (tertiary/aromatic N) is 5.